The summed E-state index contributed by atoms with van der Waals surface area (Å²) in [7, 11) is 2.58. The lowest BCUT2D eigenvalue weighted by atomic mass is 10.1. The summed E-state index contributed by atoms with van der Waals surface area (Å²) in [6.45, 7) is 0.201. The maximum atomic E-state index is 12.4. The highest BCUT2D eigenvalue weighted by Gasteiger charge is 2.23. The number of nitrogens with zero attached hydrogens (tertiary/aromatic N) is 3. The van der Waals surface area contributed by atoms with Crippen molar-refractivity contribution in [3.63, 3.8) is 0 Å². The van der Waals surface area contributed by atoms with Crippen LogP contribution in [0.5, 0.6) is 5.75 Å². The zero-order chi connectivity index (χ0) is 18.4. The van der Waals surface area contributed by atoms with Crippen molar-refractivity contribution in [3.05, 3.63) is 64.0 Å². The number of hydrogen-bond acceptors (Lipinski definition) is 6. The molecule has 9 heteroatoms. The normalized spacial score (nSPS) is 10.0. The second-order valence-electron chi connectivity index (χ2n) is 5.03. The number of amides is 3. The summed E-state index contributed by atoms with van der Waals surface area (Å²) in [6.07, 6.45) is 3.20. The lowest BCUT2D eigenvalue weighted by molar-refractivity contribution is -0.385. The summed E-state index contributed by atoms with van der Waals surface area (Å²) in [6, 6.07) is 6.62. The van der Waals surface area contributed by atoms with Crippen molar-refractivity contribution in [1.82, 2.24) is 15.2 Å². The molecule has 0 saturated heterocycles. The maximum absolute atomic E-state index is 12.4. The van der Waals surface area contributed by atoms with Crippen LogP contribution in [0.2, 0.25) is 0 Å². The molecule has 0 unspecified atom stereocenters. The number of urea groups is 1. The molecule has 0 saturated carbocycles. The molecule has 0 aliphatic carbocycles. The molecule has 0 radical (unpaired) electrons. The number of pyridine rings is 1. The summed E-state index contributed by atoms with van der Waals surface area (Å²) in [5.41, 5.74) is 0.431. The molecule has 1 heterocycles. The molecule has 25 heavy (non-hydrogen) atoms. The second-order valence-corrected chi connectivity index (χ2v) is 5.03. The average molecular weight is 344 g/mol. The van der Waals surface area contributed by atoms with Crippen molar-refractivity contribution < 1.29 is 19.2 Å². The minimum Gasteiger partial charge on any atom is -0.490 e. The van der Waals surface area contributed by atoms with E-state index >= 15 is 0 Å². The van der Waals surface area contributed by atoms with Crippen LogP contribution in [0.3, 0.4) is 0 Å². The minimum atomic E-state index is -0.672. The van der Waals surface area contributed by atoms with Crippen molar-refractivity contribution in [3.8, 4) is 5.75 Å². The van der Waals surface area contributed by atoms with E-state index < -0.39 is 16.9 Å². The number of hydrogen-bond donors (Lipinski definition) is 1. The molecular formula is C16H16N4O5. The third-order valence-corrected chi connectivity index (χ3v) is 3.40. The number of ether oxygens (including phenoxy) is 1. The molecule has 1 aromatic carbocycles. The predicted molar refractivity (Wildman–Crippen MR) is 88.2 cm³/mol. The van der Waals surface area contributed by atoms with Gasteiger partial charge in [0.25, 0.3) is 5.91 Å². The average Bonchev–Trinajstić information content (AvgIpc) is 2.65. The van der Waals surface area contributed by atoms with Gasteiger partial charge in [-0.05, 0) is 23.8 Å². The van der Waals surface area contributed by atoms with Gasteiger partial charge >= 0.3 is 11.7 Å². The van der Waals surface area contributed by atoms with E-state index in [1.54, 1.807) is 24.5 Å². The van der Waals surface area contributed by atoms with E-state index in [9.17, 15) is 19.7 Å². The fourth-order valence-electron chi connectivity index (χ4n) is 2.05. The quantitative estimate of drug-likeness (QED) is 0.655. The van der Waals surface area contributed by atoms with E-state index in [4.69, 9.17) is 4.74 Å². The number of rotatable bonds is 5. The highest BCUT2D eigenvalue weighted by atomic mass is 16.6. The van der Waals surface area contributed by atoms with Gasteiger partial charge in [0.2, 0.25) is 0 Å². The fourth-order valence-corrected chi connectivity index (χ4v) is 2.05. The topological polar surface area (TPSA) is 115 Å². The number of methoxy groups -OCH3 is 1. The van der Waals surface area contributed by atoms with Gasteiger partial charge in [-0.25, -0.2) is 4.79 Å². The van der Waals surface area contributed by atoms with E-state index in [-0.39, 0.29) is 23.5 Å². The van der Waals surface area contributed by atoms with Crippen molar-refractivity contribution in [2.24, 2.45) is 0 Å². The summed E-state index contributed by atoms with van der Waals surface area (Å²) in [4.78, 5) is 39.6. The summed E-state index contributed by atoms with van der Waals surface area (Å²) in [5, 5.41) is 13.6. The highest BCUT2D eigenvalue weighted by Crippen LogP contribution is 2.27. The Hall–Kier alpha value is -3.49. The van der Waals surface area contributed by atoms with Crippen LogP contribution >= 0.6 is 0 Å². The Balaban J connectivity index is 2.09. The summed E-state index contributed by atoms with van der Waals surface area (Å²) < 4.78 is 4.89. The lowest BCUT2D eigenvalue weighted by Gasteiger charge is -2.16. The Morgan fingerprint density at radius 2 is 2.12 bits per heavy atom. The third kappa shape index (κ3) is 4.28. The molecule has 0 fully saturated rings. The zero-order valence-electron chi connectivity index (χ0n) is 13.6. The van der Waals surface area contributed by atoms with Gasteiger partial charge in [-0.1, -0.05) is 6.07 Å². The summed E-state index contributed by atoms with van der Waals surface area (Å²) in [5.74, 6) is -0.639. The monoisotopic (exact) mass is 344 g/mol. The number of benzene rings is 1. The number of imide groups is 1. The molecule has 2 aromatic rings. The van der Waals surface area contributed by atoms with Crippen LogP contribution in [0.1, 0.15) is 15.9 Å². The van der Waals surface area contributed by atoms with E-state index in [1.807, 2.05) is 0 Å². The van der Waals surface area contributed by atoms with Gasteiger partial charge in [-0.3, -0.25) is 24.8 Å². The highest BCUT2D eigenvalue weighted by molar-refractivity contribution is 6.04. The van der Waals surface area contributed by atoms with Crippen molar-refractivity contribution >= 4 is 17.6 Å². The molecule has 0 bridgehead atoms. The fraction of sp³-hybridized carbons (Fsp3) is 0.188. The molecule has 2 rings (SSSR count). The third-order valence-electron chi connectivity index (χ3n) is 3.40. The van der Waals surface area contributed by atoms with Crippen LogP contribution in [-0.2, 0) is 6.54 Å². The van der Waals surface area contributed by atoms with Crippen LogP contribution in [0.4, 0.5) is 10.5 Å². The Bertz CT molecular complexity index is 794. The SMILES string of the molecule is COc1ccc(C(=O)N(C)C(=O)NCc2cccnc2)cc1[N+](=O)[O-]. The van der Waals surface area contributed by atoms with Crippen LogP contribution < -0.4 is 10.1 Å². The first-order chi connectivity index (χ1) is 11.9. The van der Waals surface area contributed by atoms with E-state index in [2.05, 4.69) is 10.3 Å². The van der Waals surface area contributed by atoms with E-state index in [0.717, 1.165) is 16.5 Å². The molecule has 0 spiro atoms. The van der Waals surface area contributed by atoms with E-state index in [1.165, 1.54) is 26.3 Å². The Labute approximate surface area is 143 Å². The first-order valence-electron chi connectivity index (χ1n) is 7.21. The summed E-state index contributed by atoms with van der Waals surface area (Å²) >= 11 is 0. The van der Waals surface area contributed by atoms with Crippen LogP contribution in [-0.4, -0.2) is 40.9 Å². The minimum absolute atomic E-state index is 0.00604. The van der Waals surface area contributed by atoms with Gasteiger partial charge in [0.05, 0.1) is 12.0 Å². The van der Waals surface area contributed by atoms with Crippen LogP contribution in [0.25, 0.3) is 0 Å². The van der Waals surface area contributed by atoms with Crippen LogP contribution in [0, 0.1) is 10.1 Å². The molecule has 130 valence electrons. The van der Waals surface area contributed by atoms with Gasteiger partial charge < -0.3 is 10.1 Å². The lowest BCUT2D eigenvalue weighted by Crippen LogP contribution is -2.40. The van der Waals surface area contributed by atoms with Gasteiger partial charge in [-0.15, -0.1) is 0 Å². The van der Waals surface area contributed by atoms with Crippen molar-refractivity contribution in [2.75, 3.05) is 14.2 Å². The number of aromatic nitrogens is 1. The molecular weight excluding hydrogens is 328 g/mol. The maximum Gasteiger partial charge on any atom is 0.324 e. The first kappa shape index (κ1) is 17.9. The van der Waals surface area contributed by atoms with E-state index in [0.29, 0.717) is 0 Å². The molecule has 0 aliphatic rings. The van der Waals surface area contributed by atoms with Crippen molar-refractivity contribution in [2.45, 2.75) is 6.54 Å². The van der Waals surface area contributed by atoms with Crippen molar-refractivity contribution in [1.29, 1.82) is 0 Å². The molecule has 0 atom stereocenters. The van der Waals surface area contributed by atoms with Gasteiger partial charge in [0, 0.05) is 37.6 Å². The number of carbonyl (C=O) groups is 2. The van der Waals surface area contributed by atoms with Gasteiger partial charge in [0.15, 0.2) is 5.75 Å². The van der Waals surface area contributed by atoms with Gasteiger partial charge in [-0.2, -0.15) is 0 Å². The molecule has 9 nitrogen and oxygen atoms in total. The van der Waals surface area contributed by atoms with Gasteiger partial charge in [0.1, 0.15) is 0 Å². The molecule has 0 aliphatic heterocycles. The number of carbonyl (C=O) groups excluding carboxylic acids is 2. The number of nitro benzene ring substituents is 1. The first-order valence-corrected chi connectivity index (χ1v) is 7.21. The van der Waals surface area contributed by atoms with Crippen LogP contribution in [0.15, 0.2) is 42.7 Å². The molecule has 3 amide bonds. The number of nitrogens with one attached hydrogen (secondary N) is 1. The Morgan fingerprint density at radius 1 is 1.36 bits per heavy atom. The molecule has 1 aromatic heterocycles. The second kappa shape index (κ2) is 7.86. The standard InChI is InChI=1S/C16H16N4O5/c1-19(16(22)18-10-11-4-3-7-17-9-11)15(21)12-5-6-14(25-2)13(8-12)20(23)24/h3-9H,10H2,1-2H3,(H,18,22). The molecule has 1 N–H and O–H groups in total. The Morgan fingerprint density at radius 3 is 2.72 bits per heavy atom. The zero-order valence-corrected chi connectivity index (χ0v) is 13.6. The smallest absolute Gasteiger partial charge is 0.324 e. The predicted octanol–water partition coefficient (Wildman–Crippen LogP) is 1.98. The Kier molecular flexibility index (Phi) is 5.62. The number of nitro groups is 1. The largest absolute Gasteiger partial charge is 0.490 e.